The number of aliphatic imine (C=N–C) groups is 1. The second-order valence-corrected chi connectivity index (χ2v) is 5.88. The first-order valence-electron chi connectivity index (χ1n) is 9.47. The van der Waals surface area contributed by atoms with Crippen LogP contribution in [-0.2, 0) is 19.4 Å². The molecular formula is C20H30N4O3. The van der Waals surface area contributed by atoms with Crippen LogP contribution >= 0.6 is 0 Å². The molecule has 2 aromatic rings. The highest BCUT2D eigenvalue weighted by atomic mass is 16.5. The average Bonchev–Trinajstić information content (AvgIpc) is 3.11. The Morgan fingerprint density at radius 3 is 2.44 bits per heavy atom. The van der Waals surface area contributed by atoms with E-state index in [1.807, 2.05) is 31.2 Å². The van der Waals surface area contributed by atoms with Crippen LogP contribution in [0, 0.1) is 0 Å². The second kappa shape index (κ2) is 11.1. The van der Waals surface area contributed by atoms with Crippen LogP contribution < -0.4 is 20.1 Å². The average molecular weight is 374 g/mol. The van der Waals surface area contributed by atoms with Crippen LogP contribution in [0.15, 0.2) is 33.8 Å². The highest BCUT2D eigenvalue weighted by Gasteiger charge is 2.13. The molecule has 7 heteroatoms. The molecule has 0 saturated heterocycles. The number of rotatable bonds is 10. The van der Waals surface area contributed by atoms with Gasteiger partial charge in [-0.05, 0) is 37.6 Å². The van der Waals surface area contributed by atoms with Gasteiger partial charge in [-0.2, -0.15) is 0 Å². The Hall–Kier alpha value is -2.70. The van der Waals surface area contributed by atoms with Crippen molar-refractivity contribution < 1.29 is 14.0 Å². The number of benzene rings is 1. The number of aryl methyl sites for hydroxylation is 2. The summed E-state index contributed by atoms with van der Waals surface area (Å²) < 4.78 is 16.3. The predicted octanol–water partition coefficient (Wildman–Crippen LogP) is 2.94. The molecule has 0 amide bonds. The van der Waals surface area contributed by atoms with Crippen molar-refractivity contribution in [3.05, 3.63) is 41.3 Å². The molecule has 2 rings (SSSR count). The summed E-state index contributed by atoms with van der Waals surface area (Å²) in [5, 5.41) is 10.7. The first-order chi connectivity index (χ1) is 13.2. The van der Waals surface area contributed by atoms with Crippen molar-refractivity contribution in [2.24, 2.45) is 4.99 Å². The number of hydrogen-bond donors (Lipinski definition) is 2. The van der Waals surface area contributed by atoms with Gasteiger partial charge in [0, 0.05) is 18.5 Å². The van der Waals surface area contributed by atoms with E-state index in [-0.39, 0.29) is 0 Å². The van der Waals surface area contributed by atoms with E-state index >= 15 is 0 Å². The summed E-state index contributed by atoms with van der Waals surface area (Å²) in [4.78, 5) is 4.66. The van der Waals surface area contributed by atoms with Crippen molar-refractivity contribution in [2.45, 2.75) is 40.2 Å². The normalized spacial score (nSPS) is 11.3. The lowest BCUT2D eigenvalue weighted by Crippen LogP contribution is -2.39. The molecule has 0 aliphatic carbocycles. The van der Waals surface area contributed by atoms with E-state index in [9.17, 15) is 0 Å². The number of guanidine groups is 1. The fourth-order valence-electron chi connectivity index (χ4n) is 2.63. The Morgan fingerprint density at radius 1 is 1.07 bits per heavy atom. The summed E-state index contributed by atoms with van der Waals surface area (Å²) in [7, 11) is 1.65. The molecule has 2 N–H and O–H groups in total. The van der Waals surface area contributed by atoms with Gasteiger partial charge in [-0.1, -0.05) is 19.0 Å². The summed E-state index contributed by atoms with van der Waals surface area (Å²) in [6, 6.07) is 7.54. The van der Waals surface area contributed by atoms with Crippen LogP contribution in [0.4, 0.5) is 0 Å². The van der Waals surface area contributed by atoms with Crippen LogP contribution in [0.25, 0.3) is 0 Å². The van der Waals surface area contributed by atoms with Crippen LogP contribution in [0.3, 0.4) is 0 Å². The Morgan fingerprint density at radius 2 is 1.81 bits per heavy atom. The smallest absolute Gasteiger partial charge is 0.191 e. The number of nitrogens with one attached hydrogen (secondary N) is 2. The van der Waals surface area contributed by atoms with E-state index in [0.717, 1.165) is 53.9 Å². The van der Waals surface area contributed by atoms with Crippen molar-refractivity contribution in [3.63, 3.8) is 0 Å². The maximum atomic E-state index is 5.73. The summed E-state index contributed by atoms with van der Waals surface area (Å²) in [5.41, 5.74) is 2.07. The molecule has 0 aliphatic heterocycles. The standard InChI is InChI=1S/C20H30N4O3/c1-5-18-17(19(6-2)27-24-18)14-23-20(21-7-3)22-12-13-26-16-10-8-15(25-4)9-11-16/h8-11H,5-7,12-14H2,1-4H3,(H2,21,22,23). The highest BCUT2D eigenvalue weighted by molar-refractivity contribution is 5.79. The molecule has 1 aromatic heterocycles. The third-order valence-electron chi connectivity index (χ3n) is 4.07. The fraction of sp³-hybridized carbons (Fsp3) is 0.500. The van der Waals surface area contributed by atoms with E-state index in [4.69, 9.17) is 14.0 Å². The first-order valence-corrected chi connectivity index (χ1v) is 9.47. The Balaban J connectivity index is 1.87. The number of ether oxygens (including phenoxy) is 2. The van der Waals surface area contributed by atoms with Gasteiger partial charge in [0.2, 0.25) is 0 Å². The van der Waals surface area contributed by atoms with Crippen molar-refractivity contribution >= 4 is 5.96 Å². The SMILES string of the molecule is CCNC(=NCc1c(CC)noc1CC)NCCOc1ccc(OC)cc1. The van der Waals surface area contributed by atoms with E-state index in [0.29, 0.717) is 19.7 Å². The summed E-state index contributed by atoms with van der Waals surface area (Å²) >= 11 is 0. The molecule has 27 heavy (non-hydrogen) atoms. The molecule has 0 saturated carbocycles. The van der Waals surface area contributed by atoms with Crippen molar-refractivity contribution in [1.82, 2.24) is 15.8 Å². The molecule has 0 aliphatic rings. The molecule has 0 fully saturated rings. The van der Waals surface area contributed by atoms with Gasteiger partial charge in [0.05, 0.1) is 25.9 Å². The van der Waals surface area contributed by atoms with Crippen LogP contribution in [-0.4, -0.2) is 37.9 Å². The molecule has 0 atom stereocenters. The minimum Gasteiger partial charge on any atom is -0.497 e. The number of nitrogens with zero attached hydrogens (tertiary/aromatic N) is 2. The van der Waals surface area contributed by atoms with Gasteiger partial charge in [-0.3, -0.25) is 0 Å². The molecule has 7 nitrogen and oxygen atoms in total. The number of hydrogen-bond acceptors (Lipinski definition) is 5. The quantitative estimate of drug-likeness (QED) is 0.378. The number of methoxy groups -OCH3 is 1. The lowest BCUT2D eigenvalue weighted by molar-refractivity contribution is 0.321. The van der Waals surface area contributed by atoms with Crippen molar-refractivity contribution in [1.29, 1.82) is 0 Å². The number of aromatic nitrogens is 1. The summed E-state index contributed by atoms with van der Waals surface area (Å²) in [6.07, 6.45) is 1.66. The molecular weight excluding hydrogens is 344 g/mol. The molecule has 148 valence electrons. The maximum Gasteiger partial charge on any atom is 0.191 e. The lowest BCUT2D eigenvalue weighted by Gasteiger charge is -2.12. The van der Waals surface area contributed by atoms with Gasteiger partial charge in [0.25, 0.3) is 0 Å². The highest BCUT2D eigenvalue weighted by Crippen LogP contribution is 2.17. The van der Waals surface area contributed by atoms with E-state index in [2.05, 4.69) is 34.6 Å². The predicted molar refractivity (Wildman–Crippen MR) is 107 cm³/mol. The van der Waals surface area contributed by atoms with E-state index in [1.54, 1.807) is 7.11 Å². The third kappa shape index (κ3) is 6.20. The monoisotopic (exact) mass is 374 g/mol. The zero-order valence-electron chi connectivity index (χ0n) is 16.7. The first kappa shape index (κ1) is 20.6. The topological polar surface area (TPSA) is 80.9 Å². The molecule has 0 radical (unpaired) electrons. The zero-order chi connectivity index (χ0) is 19.5. The summed E-state index contributed by atoms with van der Waals surface area (Å²) in [6.45, 7) is 8.69. The molecule has 0 spiro atoms. The molecule has 0 unspecified atom stereocenters. The minimum atomic E-state index is 0.532. The van der Waals surface area contributed by atoms with Crippen LogP contribution in [0.1, 0.15) is 37.8 Å². The minimum absolute atomic E-state index is 0.532. The molecule has 1 heterocycles. The van der Waals surface area contributed by atoms with Gasteiger partial charge in [-0.15, -0.1) is 0 Å². The van der Waals surface area contributed by atoms with Gasteiger partial charge < -0.3 is 24.6 Å². The molecule has 1 aromatic carbocycles. The van der Waals surface area contributed by atoms with Crippen LogP contribution in [0.5, 0.6) is 11.5 Å². The lowest BCUT2D eigenvalue weighted by atomic mass is 10.1. The van der Waals surface area contributed by atoms with Crippen molar-refractivity contribution in [3.8, 4) is 11.5 Å². The fourth-order valence-corrected chi connectivity index (χ4v) is 2.63. The van der Waals surface area contributed by atoms with E-state index < -0.39 is 0 Å². The third-order valence-corrected chi connectivity index (χ3v) is 4.07. The summed E-state index contributed by atoms with van der Waals surface area (Å²) in [5.74, 6) is 3.29. The van der Waals surface area contributed by atoms with Gasteiger partial charge >= 0.3 is 0 Å². The van der Waals surface area contributed by atoms with Gasteiger partial charge in [0.1, 0.15) is 23.9 Å². The zero-order valence-corrected chi connectivity index (χ0v) is 16.7. The van der Waals surface area contributed by atoms with E-state index in [1.165, 1.54) is 0 Å². The van der Waals surface area contributed by atoms with Gasteiger partial charge in [-0.25, -0.2) is 4.99 Å². The Labute approximate surface area is 161 Å². The van der Waals surface area contributed by atoms with Crippen LogP contribution in [0.2, 0.25) is 0 Å². The Bertz CT molecular complexity index is 689. The molecule has 0 bridgehead atoms. The van der Waals surface area contributed by atoms with Gasteiger partial charge in [0.15, 0.2) is 5.96 Å². The van der Waals surface area contributed by atoms with Crippen molar-refractivity contribution in [2.75, 3.05) is 26.8 Å². The second-order valence-electron chi connectivity index (χ2n) is 5.88. The Kier molecular flexibility index (Phi) is 8.48. The maximum absolute atomic E-state index is 5.73. The largest absolute Gasteiger partial charge is 0.497 e.